The van der Waals surface area contributed by atoms with E-state index in [1.807, 2.05) is 0 Å². The van der Waals surface area contributed by atoms with E-state index in [0.29, 0.717) is 24.3 Å². The molecule has 1 aliphatic rings. The van der Waals surface area contributed by atoms with Crippen molar-refractivity contribution in [1.29, 1.82) is 0 Å². The second-order valence-electron chi connectivity index (χ2n) is 5.70. The SMILES string of the molecule is Cc1cc(F)cc(C(=O)C2(N)CCCC(C)C2)c1. The zero-order valence-electron chi connectivity index (χ0n) is 11.0. The van der Waals surface area contributed by atoms with Gasteiger partial charge in [-0.1, -0.05) is 19.8 Å². The van der Waals surface area contributed by atoms with Crippen molar-refractivity contribution in [3.63, 3.8) is 0 Å². The number of hydrogen-bond donors (Lipinski definition) is 1. The normalized spacial score (nSPS) is 28.1. The Kier molecular flexibility index (Phi) is 3.53. The van der Waals surface area contributed by atoms with Gasteiger partial charge in [-0.05, 0) is 49.4 Å². The van der Waals surface area contributed by atoms with Crippen molar-refractivity contribution in [3.05, 3.63) is 35.1 Å². The van der Waals surface area contributed by atoms with Gasteiger partial charge in [0, 0.05) is 5.56 Å². The van der Waals surface area contributed by atoms with Gasteiger partial charge in [-0.3, -0.25) is 4.79 Å². The summed E-state index contributed by atoms with van der Waals surface area (Å²) in [5.41, 5.74) is 6.61. The lowest BCUT2D eigenvalue weighted by molar-refractivity contribution is 0.0819. The molecule has 2 atom stereocenters. The average molecular weight is 249 g/mol. The maximum atomic E-state index is 13.4. The molecule has 0 spiro atoms. The predicted octanol–water partition coefficient (Wildman–Crippen LogP) is 3.22. The standard InChI is InChI=1S/C15H20FNO/c1-10-4-3-5-15(17,9-10)14(18)12-6-11(2)7-13(16)8-12/h6-8,10H,3-5,9,17H2,1-2H3. The summed E-state index contributed by atoms with van der Waals surface area (Å²) < 4.78 is 13.4. The van der Waals surface area contributed by atoms with Crippen molar-refractivity contribution in [2.45, 2.75) is 45.1 Å². The molecule has 1 aliphatic carbocycles. The van der Waals surface area contributed by atoms with Crippen LogP contribution in [0.4, 0.5) is 4.39 Å². The van der Waals surface area contributed by atoms with Crippen LogP contribution >= 0.6 is 0 Å². The number of Topliss-reactive ketones (excluding diaryl/α,β-unsaturated/α-hetero) is 1. The van der Waals surface area contributed by atoms with Crippen molar-refractivity contribution in [3.8, 4) is 0 Å². The molecule has 0 bridgehead atoms. The molecule has 3 heteroatoms. The Morgan fingerprint density at radius 2 is 2.17 bits per heavy atom. The molecule has 0 amide bonds. The van der Waals surface area contributed by atoms with Crippen LogP contribution in [0.15, 0.2) is 18.2 Å². The highest BCUT2D eigenvalue weighted by Crippen LogP contribution is 2.33. The molecule has 1 fully saturated rings. The van der Waals surface area contributed by atoms with Crippen LogP contribution < -0.4 is 5.73 Å². The first-order valence-corrected chi connectivity index (χ1v) is 6.51. The number of rotatable bonds is 2. The molecule has 2 unspecified atom stereocenters. The molecule has 0 aliphatic heterocycles. The third kappa shape index (κ3) is 2.61. The van der Waals surface area contributed by atoms with Gasteiger partial charge in [-0.25, -0.2) is 4.39 Å². The van der Waals surface area contributed by atoms with Crippen LogP contribution in [0.25, 0.3) is 0 Å². The second-order valence-corrected chi connectivity index (χ2v) is 5.70. The molecule has 1 saturated carbocycles. The number of nitrogens with two attached hydrogens (primary N) is 1. The fourth-order valence-corrected chi connectivity index (χ4v) is 2.95. The van der Waals surface area contributed by atoms with Crippen molar-refractivity contribution < 1.29 is 9.18 Å². The number of benzene rings is 1. The van der Waals surface area contributed by atoms with E-state index < -0.39 is 5.54 Å². The van der Waals surface area contributed by atoms with Crippen molar-refractivity contribution in [2.24, 2.45) is 11.7 Å². The molecule has 98 valence electrons. The minimum atomic E-state index is -0.808. The zero-order valence-corrected chi connectivity index (χ0v) is 11.0. The van der Waals surface area contributed by atoms with E-state index in [1.54, 1.807) is 13.0 Å². The Morgan fingerprint density at radius 1 is 1.44 bits per heavy atom. The van der Waals surface area contributed by atoms with Crippen molar-refractivity contribution in [1.82, 2.24) is 0 Å². The minimum Gasteiger partial charge on any atom is -0.319 e. The molecule has 2 N–H and O–H groups in total. The summed E-state index contributed by atoms with van der Waals surface area (Å²) in [6, 6.07) is 4.44. The van der Waals surface area contributed by atoms with Crippen molar-refractivity contribution >= 4 is 5.78 Å². The lowest BCUT2D eigenvalue weighted by atomic mass is 9.73. The van der Waals surface area contributed by atoms with E-state index in [4.69, 9.17) is 5.73 Å². The van der Waals surface area contributed by atoms with Gasteiger partial charge >= 0.3 is 0 Å². The van der Waals surface area contributed by atoms with Crippen LogP contribution in [0.3, 0.4) is 0 Å². The average Bonchev–Trinajstić information content (AvgIpc) is 2.26. The molecule has 18 heavy (non-hydrogen) atoms. The Morgan fingerprint density at radius 3 is 2.78 bits per heavy atom. The minimum absolute atomic E-state index is 0.114. The quantitative estimate of drug-likeness (QED) is 0.818. The number of ketones is 1. The molecule has 2 rings (SSSR count). The number of hydrogen-bond acceptors (Lipinski definition) is 2. The monoisotopic (exact) mass is 249 g/mol. The highest BCUT2D eigenvalue weighted by atomic mass is 19.1. The first-order chi connectivity index (χ1) is 8.40. The largest absolute Gasteiger partial charge is 0.319 e. The van der Waals surface area contributed by atoms with Gasteiger partial charge in [-0.15, -0.1) is 0 Å². The molecule has 0 saturated heterocycles. The van der Waals surface area contributed by atoms with Crippen molar-refractivity contribution in [2.75, 3.05) is 0 Å². The van der Waals surface area contributed by atoms with Gasteiger partial charge < -0.3 is 5.73 Å². The van der Waals surface area contributed by atoms with Gasteiger partial charge in [0.2, 0.25) is 0 Å². The molecule has 0 aromatic heterocycles. The summed E-state index contributed by atoms with van der Waals surface area (Å²) in [5, 5.41) is 0. The van der Waals surface area contributed by atoms with Crippen LogP contribution in [0.5, 0.6) is 0 Å². The van der Waals surface area contributed by atoms with Crippen LogP contribution in [-0.2, 0) is 0 Å². The lowest BCUT2D eigenvalue weighted by Gasteiger charge is -2.35. The number of aryl methyl sites for hydroxylation is 1. The summed E-state index contributed by atoms with van der Waals surface area (Å²) in [4.78, 5) is 12.5. The van der Waals surface area contributed by atoms with E-state index in [0.717, 1.165) is 18.4 Å². The lowest BCUT2D eigenvalue weighted by Crippen LogP contribution is -2.51. The van der Waals surface area contributed by atoms with Gasteiger partial charge in [0.15, 0.2) is 5.78 Å². The summed E-state index contributed by atoms with van der Waals surface area (Å²) in [6.45, 7) is 3.90. The van der Waals surface area contributed by atoms with E-state index in [2.05, 4.69) is 6.92 Å². The zero-order chi connectivity index (χ0) is 13.3. The summed E-state index contributed by atoms with van der Waals surface area (Å²) in [7, 11) is 0. The van der Waals surface area contributed by atoms with E-state index in [9.17, 15) is 9.18 Å². The van der Waals surface area contributed by atoms with E-state index >= 15 is 0 Å². The van der Waals surface area contributed by atoms with Crippen LogP contribution in [0.2, 0.25) is 0 Å². The second kappa shape index (κ2) is 4.81. The maximum Gasteiger partial charge on any atom is 0.182 e. The molecule has 0 radical (unpaired) electrons. The third-order valence-corrected chi connectivity index (χ3v) is 3.79. The van der Waals surface area contributed by atoms with Crippen LogP contribution in [0.1, 0.15) is 48.5 Å². The molecule has 2 nitrogen and oxygen atoms in total. The predicted molar refractivity (Wildman–Crippen MR) is 70.0 cm³/mol. The van der Waals surface area contributed by atoms with E-state index in [1.165, 1.54) is 12.1 Å². The number of halogens is 1. The summed E-state index contributed by atoms with van der Waals surface area (Å²) in [6.07, 6.45) is 3.49. The Bertz CT molecular complexity index is 451. The molecular weight excluding hydrogens is 229 g/mol. The first kappa shape index (κ1) is 13.2. The number of carbonyl (C=O) groups is 1. The van der Waals surface area contributed by atoms with Crippen LogP contribution in [-0.4, -0.2) is 11.3 Å². The van der Waals surface area contributed by atoms with Gasteiger partial charge in [0.1, 0.15) is 5.82 Å². The smallest absolute Gasteiger partial charge is 0.182 e. The maximum absolute atomic E-state index is 13.4. The third-order valence-electron chi connectivity index (χ3n) is 3.79. The fourth-order valence-electron chi connectivity index (χ4n) is 2.95. The Balaban J connectivity index is 2.29. The Labute approximate surface area is 107 Å². The highest BCUT2D eigenvalue weighted by molar-refractivity contribution is 6.03. The topological polar surface area (TPSA) is 43.1 Å². The van der Waals surface area contributed by atoms with Gasteiger partial charge in [0.05, 0.1) is 5.54 Å². The molecule has 1 aromatic carbocycles. The van der Waals surface area contributed by atoms with Gasteiger partial charge in [-0.2, -0.15) is 0 Å². The van der Waals surface area contributed by atoms with E-state index in [-0.39, 0.29) is 11.6 Å². The first-order valence-electron chi connectivity index (χ1n) is 6.51. The number of carbonyl (C=O) groups excluding carboxylic acids is 1. The summed E-state index contributed by atoms with van der Waals surface area (Å²) in [5.74, 6) is -0.0233. The molecule has 0 heterocycles. The highest BCUT2D eigenvalue weighted by Gasteiger charge is 2.38. The summed E-state index contributed by atoms with van der Waals surface area (Å²) >= 11 is 0. The van der Waals surface area contributed by atoms with Gasteiger partial charge in [0.25, 0.3) is 0 Å². The molecule has 1 aromatic rings. The fraction of sp³-hybridized carbons (Fsp3) is 0.533. The molecular formula is C15H20FNO. The van der Waals surface area contributed by atoms with Crippen LogP contribution in [0, 0.1) is 18.7 Å². The Hall–Kier alpha value is -1.22.